The average Bonchev–Trinajstić information content (AvgIpc) is 2.49. The van der Waals surface area contributed by atoms with Gasteiger partial charge in [-0.3, -0.25) is 4.79 Å². The first-order chi connectivity index (χ1) is 7.50. The molecule has 4 heteroatoms. The van der Waals surface area contributed by atoms with Gasteiger partial charge in [0, 0.05) is 15.6 Å². The SMILES string of the molecule is Cc1[nH]c2c(CC(N)=O)ccc(Br)c2c1C. The molecule has 0 radical (unpaired) electrons. The van der Waals surface area contributed by atoms with E-state index in [9.17, 15) is 4.79 Å². The molecular weight excluding hydrogens is 268 g/mol. The van der Waals surface area contributed by atoms with Crippen LogP contribution in [0.15, 0.2) is 16.6 Å². The molecule has 0 spiro atoms. The van der Waals surface area contributed by atoms with Crippen molar-refractivity contribution in [3.05, 3.63) is 33.4 Å². The van der Waals surface area contributed by atoms with E-state index in [4.69, 9.17) is 5.73 Å². The lowest BCUT2D eigenvalue weighted by molar-refractivity contribution is -0.117. The van der Waals surface area contributed by atoms with Gasteiger partial charge in [0.25, 0.3) is 0 Å². The number of nitrogens with two attached hydrogens (primary N) is 1. The van der Waals surface area contributed by atoms with Crippen LogP contribution in [-0.4, -0.2) is 10.9 Å². The molecule has 0 aliphatic rings. The second kappa shape index (κ2) is 3.94. The summed E-state index contributed by atoms with van der Waals surface area (Å²) in [6, 6.07) is 3.88. The van der Waals surface area contributed by atoms with Gasteiger partial charge in [0.2, 0.25) is 5.91 Å². The summed E-state index contributed by atoms with van der Waals surface area (Å²) in [5.74, 6) is -0.312. The Morgan fingerprint density at radius 2 is 2.12 bits per heavy atom. The number of aryl methyl sites for hydroxylation is 2. The van der Waals surface area contributed by atoms with Gasteiger partial charge in [0.05, 0.1) is 11.9 Å². The van der Waals surface area contributed by atoms with Crippen molar-refractivity contribution in [1.29, 1.82) is 0 Å². The summed E-state index contributed by atoms with van der Waals surface area (Å²) < 4.78 is 1.04. The second-order valence-electron chi connectivity index (χ2n) is 3.97. The van der Waals surface area contributed by atoms with Crippen molar-refractivity contribution in [3.8, 4) is 0 Å². The molecule has 1 aromatic carbocycles. The smallest absolute Gasteiger partial charge is 0.221 e. The fourth-order valence-corrected chi connectivity index (χ4v) is 2.56. The first-order valence-corrected chi connectivity index (χ1v) is 5.84. The Bertz CT molecular complexity index is 572. The van der Waals surface area contributed by atoms with E-state index < -0.39 is 0 Å². The van der Waals surface area contributed by atoms with Gasteiger partial charge in [0.1, 0.15) is 0 Å². The molecule has 0 saturated carbocycles. The summed E-state index contributed by atoms with van der Waals surface area (Å²) in [5, 5.41) is 1.14. The van der Waals surface area contributed by atoms with E-state index in [1.807, 2.05) is 19.1 Å². The molecule has 2 rings (SSSR count). The third-order valence-electron chi connectivity index (χ3n) is 2.86. The van der Waals surface area contributed by atoms with Crippen LogP contribution in [0.1, 0.15) is 16.8 Å². The molecule has 3 nitrogen and oxygen atoms in total. The zero-order valence-electron chi connectivity index (χ0n) is 9.23. The Morgan fingerprint density at radius 1 is 1.44 bits per heavy atom. The third kappa shape index (κ3) is 1.73. The number of amides is 1. The quantitative estimate of drug-likeness (QED) is 0.873. The summed E-state index contributed by atoms with van der Waals surface area (Å²) in [4.78, 5) is 14.3. The first kappa shape index (κ1) is 11.2. The van der Waals surface area contributed by atoms with Gasteiger partial charge in [-0.05, 0) is 31.0 Å². The lowest BCUT2D eigenvalue weighted by Gasteiger charge is -2.02. The normalized spacial score (nSPS) is 10.9. The van der Waals surface area contributed by atoms with Crippen molar-refractivity contribution in [2.45, 2.75) is 20.3 Å². The van der Waals surface area contributed by atoms with Crippen LogP contribution in [0.2, 0.25) is 0 Å². The van der Waals surface area contributed by atoms with E-state index in [2.05, 4.69) is 27.8 Å². The zero-order valence-corrected chi connectivity index (χ0v) is 10.8. The highest BCUT2D eigenvalue weighted by Gasteiger charge is 2.12. The third-order valence-corrected chi connectivity index (χ3v) is 3.52. The highest BCUT2D eigenvalue weighted by molar-refractivity contribution is 9.10. The number of benzene rings is 1. The van der Waals surface area contributed by atoms with Gasteiger partial charge >= 0.3 is 0 Å². The predicted octanol–water partition coefficient (Wildman–Crippen LogP) is 2.58. The van der Waals surface area contributed by atoms with Crippen LogP contribution in [0.3, 0.4) is 0 Å². The Morgan fingerprint density at radius 3 is 2.75 bits per heavy atom. The monoisotopic (exact) mass is 280 g/mol. The van der Waals surface area contributed by atoms with Gasteiger partial charge in [-0.25, -0.2) is 0 Å². The molecule has 16 heavy (non-hydrogen) atoms. The molecule has 0 aliphatic heterocycles. The number of carbonyl (C=O) groups excluding carboxylic acids is 1. The largest absolute Gasteiger partial charge is 0.369 e. The number of carbonyl (C=O) groups is 1. The zero-order chi connectivity index (χ0) is 11.9. The molecule has 0 unspecified atom stereocenters. The topological polar surface area (TPSA) is 58.9 Å². The maximum absolute atomic E-state index is 11.0. The Balaban J connectivity index is 2.74. The minimum absolute atomic E-state index is 0.267. The van der Waals surface area contributed by atoms with Gasteiger partial charge in [-0.1, -0.05) is 22.0 Å². The molecule has 0 fully saturated rings. The van der Waals surface area contributed by atoms with E-state index in [1.165, 1.54) is 5.56 Å². The Hall–Kier alpha value is -1.29. The molecule has 1 heterocycles. The van der Waals surface area contributed by atoms with Crippen molar-refractivity contribution in [1.82, 2.24) is 4.98 Å². The number of H-pyrrole nitrogens is 1. The number of nitrogens with one attached hydrogen (secondary N) is 1. The standard InChI is InChI=1S/C12H13BrN2O/c1-6-7(2)15-12-8(5-10(14)16)3-4-9(13)11(6)12/h3-4,15H,5H2,1-2H3,(H2,14,16). The molecule has 3 N–H and O–H groups in total. The van der Waals surface area contributed by atoms with Crippen molar-refractivity contribution in [2.75, 3.05) is 0 Å². The summed E-state index contributed by atoms with van der Waals surface area (Å²) in [6.45, 7) is 4.09. The molecule has 0 aliphatic carbocycles. The lowest BCUT2D eigenvalue weighted by atomic mass is 10.1. The van der Waals surface area contributed by atoms with E-state index in [1.54, 1.807) is 0 Å². The van der Waals surface area contributed by atoms with Crippen molar-refractivity contribution >= 4 is 32.7 Å². The number of halogens is 1. The molecule has 2 aromatic rings. The molecule has 0 saturated heterocycles. The minimum Gasteiger partial charge on any atom is -0.369 e. The Labute approximate surface area is 102 Å². The van der Waals surface area contributed by atoms with Crippen LogP contribution < -0.4 is 5.73 Å². The molecule has 1 aromatic heterocycles. The van der Waals surface area contributed by atoms with Crippen LogP contribution in [-0.2, 0) is 11.2 Å². The molecule has 0 bridgehead atoms. The van der Waals surface area contributed by atoms with E-state index in [0.717, 1.165) is 26.6 Å². The number of rotatable bonds is 2. The second-order valence-corrected chi connectivity index (χ2v) is 4.83. The number of primary amides is 1. The summed E-state index contributed by atoms with van der Waals surface area (Å²) >= 11 is 3.53. The molecule has 0 atom stereocenters. The van der Waals surface area contributed by atoms with E-state index >= 15 is 0 Å². The van der Waals surface area contributed by atoms with Crippen LogP contribution in [0, 0.1) is 13.8 Å². The van der Waals surface area contributed by atoms with Crippen LogP contribution in [0.25, 0.3) is 10.9 Å². The van der Waals surface area contributed by atoms with Gasteiger partial charge < -0.3 is 10.7 Å². The summed E-state index contributed by atoms with van der Waals surface area (Å²) in [5.41, 5.74) is 9.50. The number of fused-ring (bicyclic) bond motifs is 1. The van der Waals surface area contributed by atoms with E-state index in [-0.39, 0.29) is 12.3 Å². The molecular formula is C12H13BrN2O. The molecule has 84 valence electrons. The first-order valence-electron chi connectivity index (χ1n) is 5.05. The van der Waals surface area contributed by atoms with Crippen molar-refractivity contribution in [3.63, 3.8) is 0 Å². The van der Waals surface area contributed by atoms with Crippen LogP contribution in [0.5, 0.6) is 0 Å². The number of aromatic amines is 1. The van der Waals surface area contributed by atoms with E-state index in [0.29, 0.717) is 0 Å². The predicted molar refractivity (Wildman–Crippen MR) is 68.4 cm³/mol. The molecule has 1 amide bonds. The maximum Gasteiger partial charge on any atom is 0.221 e. The minimum atomic E-state index is -0.312. The summed E-state index contributed by atoms with van der Waals surface area (Å²) in [7, 11) is 0. The highest BCUT2D eigenvalue weighted by atomic mass is 79.9. The Kier molecular flexibility index (Phi) is 2.76. The van der Waals surface area contributed by atoms with Crippen molar-refractivity contribution in [2.24, 2.45) is 5.73 Å². The average molecular weight is 281 g/mol. The fraction of sp³-hybridized carbons (Fsp3) is 0.250. The number of hydrogen-bond acceptors (Lipinski definition) is 1. The number of hydrogen-bond donors (Lipinski definition) is 2. The maximum atomic E-state index is 11.0. The van der Waals surface area contributed by atoms with Gasteiger partial charge in [-0.15, -0.1) is 0 Å². The fourth-order valence-electron chi connectivity index (χ4n) is 1.93. The van der Waals surface area contributed by atoms with Gasteiger partial charge in [-0.2, -0.15) is 0 Å². The summed E-state index contributed by atoms with van der Waals surface area (Å²) in [6.07, 6.45) is 0.267. The van der Waals surface area contributed by atoms with Crippen molar-refractivity contribution < 1.29 is 4.79 Å². The van der Waals surface area contributed by atoms with Crippen LogP contribution >= 0.6 is 15.9 Å². The van der Waals surface area contributed by atoms with Crippen LogP contribution in [0.4, 0.5) is 0 Å². The lowest BCUT2D eigenvalue weighted by Crippen LogP contribution is -2.13. The highest BCUT2D eigenvalue weighted by Crippen LogP contribution is 2.31. The number of aromatic nitrogens is 1. The van der Waals surface area contributed by atoms with Gasteiger partial charge in [0.15, 0.2) is 0 Å².